The second kappa shape index (κ2) is 17.0. The molecule has 0 spiro atoms. The molecule has 0 aromatic heterocycles. The Hall–Kier alpha value is -2.65. The van der Waals surface area contributed by atoms with Crippen LogP contribution in [0.1, 0.15) is 122 Å². The van der Waals surface area contributed by atoms with Gasteiger partial charge < -0.3 is 23.7 Å². The van der Waals surface area contributed by atoms with Crippen LogP contribution in [0.5, 0.6) is 0 Å². The van der Waals surface area contributed by atoms with E-state index in [4.69, 9.17) is 23.7 Å². The summed E-state index contributed by atoms with van der Waals surface area (Å²) in [6, 6.07) is 0. The Bertz CT molecular complexity index is 885. The van der Waals surface area contributed by atoms with Gasteiger partial charge in [-0.3, -0.25) is 24.0 Å². The lowest BCUT2D eigenvalue weighted by molar-refractivity contribution is -0.179. The van der Waals surface area contributed by atoms with Crippen LogP contribution in [0, 0.1) is 27.1 Å². The van der Waals surface area contributed by atoms with Crippen LogP contribution in [0.15, 0.2) is 0 Å². The van der Waals surface area contributed by atoms with Gasteiger partial charge in [-0.2, -0.15) is 0 Å². The van der Waals surface area contributed by atoms with Gasteiger partial charge in [-0.25, -0.2) is 0 Å². The van der Waals surface area contributed by atoms with E-state index in [0.29, 0.717) is 38.5 Å². The molecule has 250 valence electrons. The van der Waals surface area contributed by atoms with Crippen molar-refractivity contribution in [1.29, 1.82) is 0 Å². The summed E-state index contributed by atoms with van der Waals surface area (Å²) in [7, 11) is 0. The van der Waals surface area contributed by atoms with E-state index in [1.165, 1.54) is 6.92 Å². The first-order chi connectivity index (χ1) is 19.9. The fourth-order valence-electron chi connectivity index (χ4n) is 3.75. The SMILES string of the molecule is CCOC(=O)C(C)(COC(=O)C(C)(CC)COC(=O)C(C)(CC)CC)COC(=O)C(C)(CC)COC(=O)C(C)(CC)CC. The molecule has 0 aliphatic rings. The average molecular weight is 615 g/mol. The van der Waals surface area contributed by atoms with Crippen LogP contribution in [-0.4, -0.2) is 62.9 Å². The first-order valence-corrected chi connectivity index (χ1v) is 15.7. The number of hydrogen-bond donors (Lipinski definition) is 0. The lowest BCUT2D eigenvalue weighted by Crippen LogP contribution is -2.45. The maximum absolute atomic E-state index is 13.2. The molecule has 2 unspecified atom stereocenters. The highest BCUT2D eigenvalue weighted by molar-refractivity contribution is 5.82. The Balaban J connectivity index is 5.66. The first kappa shape index (κ1) is 40.4. The van der Waals surface area contributed by atoms with Crippen molar-refractivity contribution >= 4 is 29.8 Å². The molecule has 43 heavy (non-hydrogen) atoms. The molecule has 0 aliphatic carbocycles. The average Bonchev–Trinajstić information content (AvgIpc) is 3.02. The van der Waals surface area contributed by atoms with Gasteiger partial charge in [0, 0.05) is 0 Å². The number of ether oxygens (including phenoxy) is 5. The molecule has 0 bridgehead atoms. The van der Waals surface area contributed by atoms with Crippen LogP contribution in [-0.2, 0) is 47.7 Å². The zero-order chi connectivity index (χ0) is 33.7. The highest BCUT2D eigenvalue weighted by atomic mass is 16.6. The summed E-state index contributed by atoms with van der Waals surface area (Å²) >= 11 is 0. The van der Waals surface area contributed by atoms with Crippen LogP contribution in [0.2, 0.25) is 0 Å². The summed E-state index contributed by atoms with van der Waals surface area (Å²) in [6.07, 6.45) is 3.04. The zero-order valence-electron chi connectivity index (χ0n) is 28.9. The molecule has 0 aromatic carbocycles. The van der Waals surface area contributed by atoms with E-state index in [1.807, 2.05) is 41.5 Å². The number of esters is 5. The van der Waals surface area contributed by atoms with E-state index < -0.39 is 58.2 Å². The smallest absolute Gasteiger partial charge is 0.318 e. The van der Waals surface area contributed by atoms with Crippen molar-refractivity contribution in [3.8, 4) is 0 Å². The van der Waals surface area contributed by atoms with Gasteiger partial charge in [0.25, 0.3) is 0 Å². The zero-order valence-corrected chi connectivity index (χ0v) is 28.9. The van der Waals surface area contributed by atoms with Crippen molar-refractivity contribution in [3.05, 3.63) is 0 Å². The second-order valence-corrected chi connectivity index (χ2v) is 12.9. The normalized spacial score (nSPS) is 16.1. The predicted octanol–water partition coefficient (Wildman–Crippen LogP) is 6.21. The summed E-state index contributed by atoms with van der Waals surface area (Å²) < 4.78 is 27.5. The highest BCUT2D eigenvalue weighted by Gasteiger charge is 2.44. The number of hydrogen-bond acceptors (Lipinski definition) is 10. The van der Waals surface area contributed by atoms with Gasteiger partial charge >= 0.3 is 29.8 Å². The van der Waals surface area contributed by atoms with Gasteiger partial charge in [-0.15, -0.1) is 0 Å². The highest BCUT2D eigenvalue weighted by Crippen LogP contribution is 2.33. The number of carbonyl (C=O) groups is 5. The molecule has 0 radical (unpaired) electrons. The fourth-order valence-corrected chi connectivity index (χ4v) is 3.75. The standard InChI is InChI=1S/C33H58O10/c1-13-29(8,14-2)24(34)40-20-31(10,17-5)26(36)42-22-33(12,28(38)39-19-7)23-43-27(37)32(11,18-6)21-41-25(35)30(9,15-3)16-4/h13-23H2,1-12H3. The molecule has 0 fully saturated rings. The van der Waals surface area contributed by atoms with Crippen molar-refractivity contribution in [1.82, 2.24) is 0 Å². The van der Waals surface area contributed by atoms with E-state index in [0.717, 1.165) is 0 Å². The third-order valence-corrected chi connectivity index (χ3v) is 9.51. The first-order valence-electron chi connectivity index (χ1n) is 15.7. The third-order valence-electron chi connectivity index (χ3n) is 9.51. The molecule has 0 heterocycles. The maximum Gasteiger partial charge on any atom is 0.318 e. The monoisotopic (exact) mass is 614 g/mol. The van der Waals surface area contributed by atoms with Crippen LogP contribution in [0.4, 0.5) is 0 Å². The molecular formula is C33H58O10. The molecule has 0 aliphatic heterocycles. The van der Waals surface area contributed by atoms with E-state index >= 15 is 0 Å². The minimum absolute atomic E-state index is 0.0722. The Kier molecular flexibility index (Phi) is 16.0. The Labute approximate surface area is 259 Å². The molecule has 0 saturated heterocycles. The summed E-state index contributed by atoms with van der Waals surface area (Å²) in [5.41, 5.74) is -5.12. The Morgan fingerprint density at radius 2 is 0.558 bits per heavy atom. The van der Waals surface area contributed by atoms with Crippen molar-refractivity contribution in [2.45, 2.75) is 122 Å². The summed E-state index contributed by atoms with van der Waals surface area (Å²) in [4.78, 5) is 64.8. The summed E-state index contributed by atoms with van der Waals surface area (Å²) in [5.74, 6) is -2.77. The van der Waals surface area contributed by atoms with Crippen molar-refractivity contribution in [2.24, 2.45) is 27.1 Å². The van der Waals surface area contributed by atoms with E-state index in [1.54, 1.807) is 34.6 Å². The topological polar surface area (TPSA) is 132 Å². The molecule has 0 aromatic rings. The molecule has 0 saturated carbocycles. The molecule has 10 heteroatoms. The van der Waals surface area contributed by atoms with E-state index in [-0.39, 0.29) is 31.8 Å². The largest absolute Gasteiger partial charge is 0.465 e. The molecular weight excluding hydrogens is 556 g/mol. The Morgan fingerprint density at radius 3 is 0.791 bits per heavy atom. The summed E-state index contributed by atoms with van der Waals surface area (Å²) in [6.45, 7) is 20.1. The summed E-state index contributed by atoms with van der Waals surface area (Å²) in [5, 5.41) is 0. The minimum atomic E-state index is -1.51. The maximum atomic E-state index is 13.2. The lowest BCUT2D eigenvalue weighted by Gasteiger charge is -2.33. The number of carbonyl (C=O) groups excluding carboxylic acids is 5. The van der Waals surface area contributed by atoms with Gasteiger partial charge in [-0.1, -0.05) is 41.5 Å². The van der Waals surface area contributed by atoms with Crippen molar-refractivity contribution in [2.75, 3.05) is 33.0 Å². The van der Waals surface area contributed by atoms with Crippen molar-refractivity contribution < 1.29 is 47.7 Å². The van der Waals surface area contributed by atoms with Crippen LogP contribution >= 0.6 is 0 Å². The van der Waals surface area contributed by atoms with Crippen molar-refractivity contribution in [3.63, 3.8) is 0 Å². The van der Waals surface area contributed by atoms with Gasteiger partial charge in [0.1, 0.15) is 31.8 Å². The molecule has 0 N–H and O–H groups in total. The second-order valence-electron chi connectivity index (χ2n) is 12.9. The van der Waals surface area contributed by atoms with Gasteiger partial charge in [-0.05, 0) is 80.1 Å². The quantitative estimate of drug-likeness (QED) is 0.115. The molecule has 2 atom stereocenters. The van der Waals surface area contributed by atoms with Gasteiger partial charge in [0.05, 0.1) is 28.3 Å². The van der Waals surface area contributed by atoms with Gasteiger partial charge in [0.15, 0.2) is 0 Å². The predicted molar refractivity (Wildman–Crippen MR) is 163 cm³/mol. The number of rotatable bonds is 20. The Morgan fingerprint density at radius 1 is 0.349 bits per heavy atom. The molecule has 0 rings (SSSR count). The fraction of sp³-hybridized carbons (Fsp3) is 0.848. The minimum Gasteiger partial charge on any atom is -0.465 e. The van der Waals surface area contributed by atoms with E-state index in [2.05, 4.69) is 0 Å². The third kappa shape index (κ3) is 10.5. The van der Waals surface area contributed by atoms with E-state index in [9.17, 15) is 24.0 Å². The van der Waals surface area contributed by atoms with Crippen LogP contribution < -0.4 is 0 Å². The van der Waals surface area contributed by atoms with Crippen LogP contribution in [0.3, 0.4) is 0 Å². The van der Waals surface area contributed by atoms with Crippen LogP contribution in [0.25, 0.3) is 0 Å². The lowest BCUT2D eigenvalue weighted by atomic mass is 9.84. The molecule has 0 amide bonds. The molecule has 10 nitrogen and oxygen atoms in total. The van der Waals surface area contributed by atoms with Gasteiger partial charge in [0.2, 0.25) is 0 Å².